The van der Waals surface area contributed by atoms with Crippen LogP contribution in [0.1, 0.15) is 10.5 Å². The number of pyridine rings is 1. The van der Waals surface area contributed by atoms with Crippen LogP contribution in [0.15, 0.2) is 54.6 Å². The first kappa shape index (κ1) is 17.3. The summed E-state index contributed by atoms with van der Waals surface area (Å²) in [4.78, 5) is 21.3. The first-order chi connectivity index (χ1) is 13.1. The Hall–Kier alpha value is -3.15. The van der Waals surface area contributed by atoms with Gasteiger partial charge in [-0.2, -0.15) is 0 Å². The van der Waals surface area contributed by atoms with Crippen LogP contribution in [0.25, 0.3) is 10.9 Å². The van der Waals surface area contributed by atoms with Gasteiger partial charge in [0.25, 0.3) is 5.91 Å². The second kappa shape index (κ2) is 7.23. The van der Waals surface area contributed by atoms with Crippen LogP contribution in [-0.4, -0.2) is 49.1 Å². The molecule has 0 atom stereocenters. The third-order valence-corrected chi connectivity index (χ3v) is 4.87. The van der Waals surface area contributed by atoms with Crippen molar-refractivity contribution in [3.05, 3.63) is 66.1 Å². The molecule has 1 fully saturated rings. The van der Waals surface area contributed by atoms with Gasteiger partial charge in [-0.05, 0) is 48.5 Å². The van der Waals surface area contributed by atoms with E-state index in [1.54, 1.807) is 25.3 Å². The van der Waals surface area contributed by atoms with Crippen LogP contribution >= 0.6 is 0 Å². The fraction of sp³-hybridized carbons (Fsp3) is 0.238. The molecule has 2 aromatic carbocycles. The third kappa shape index (κ3) is 3.56. The number of anilines is 1. The van der Waals surface area contributed by atoms with Gasteiger partial charge in [-0.3, -0.25) is 4.79 Å². The van der Waals surface area contributed by atoms with Crippen molar-refractivity contribution < 1.29 is 13.9 Å². The Kier molecular flexibility index (Phi) is 4.62. The van der Waals surface area contributed by atoms with Gasteiger partial charge in [0.1, 0.15) is 17.3 Å². The number of rotatable bonds is 3. The predicted molar refractivity (Wildman–Crippen MR) is 103 cm³/mol. The van der Waals surface area contributed by atoms with Gasteiger partial charge >= 0.3 is 0 Å². The first-order valence-corrected chi connectivity index (χ1v) is 8.88. The Morgan fingerprint density at radius 1 is 1.00 bits per heavy atom. The number of hydrogen-bond acceptors (Lipinski definition) is 4. The van der Waals surface area contributed by atoms with E-state index in [1.165, 1.54) is 12.1 Å². The summed E-state index contributed by atoms with van der Waals surface area (Å²) < 4.78 is 18.3. The molecule has 0 spiro atoms. The zero-order valence-corrected chi connectivity index (χ0v) is 15.1. The van der Waals surface area contributed by atoms with Gasteiger partial charge < -0.3 is 14.5 Å². The number of methoxy groups -OCH3 is 1. The molecule has 1 saturated heterocycles. The zero-order valence-electron chi connectivity index (χ0n) is 15.1. The summed E-state index contributed by atoms with van der Waals surface area (Å²) in [5.41, 5.74) is 2.19. The average Bonchev–Trinajstić information content (AvgIpc) is 2.73. The van der Waals surface area contributed by atoms with Crippen molar-refractivity contribution in [2.24, 2.45) is 0 Å². The molecule has 0 aliphatic carbocycles. The van der Waals surface area contributed by atoms with E-state index < -0.39 is 0 Å². The van der Waals surface area contributed by atoms with E-state index in [9.17, 15) is 9.18 Å². The van der Waals surface area contributed by atoms with E-state index in [2.05, 4.69) is 9.88 Å². The molecule has 0 N–H and O–H groups in total. The quantitative estimate of drug-likeness (QED) is 0.714. The van der Waals surface area contributed by atoms with Crippen molar-refractivity contribution in [1.29, 1.82) is 0 Å². The Morgan fingerprint density at radius 3 is 2.44 bits per heavy atom. The molecule has 3 aromatic rings. The highest BCUT2D eigenvalue weighted by Gasteiger charge is 2.23. The minimum Gasteiger partial charge on any atom is -0.497 e. The van der Waals surface area contributed by atoms with Gasteiger partial charge in [0.05, 0.1) is 12.6 Å². The lowest BCUT2D eigenvalue weighted by atomic mass is 10.1. The van der Waals surface area contributed by atoms with Gasteiger partial charge in [0, 0.05) is 37.3 Å². The standard InChI is InChI=1S/C21H20FN3O2/c1-27-18-7-9-19-15(14-18)2-8-20(23-19)21(26)25-12-10-24(11-13-25)17-5-3-16(22)4-6-17/h2-9,14H,10-13H2,1H3. The number of benzene rings is 2. The molecule has 1 aromatic heterocycles. The van der Waals surface area contributed by atoms with E-state index in [0.29, 0.717) is 31.9 Å². The summed E-state index contributed by atoms with van der Waals surface area (Å²) in [6, 6.07) is 15.7. The topological polar surface area (TPSA) is 45.7 Å². The molecule has 0 unspecified atom stereocenters. The maximum Gasteiger partial charge on any atom is 0.272 e. The number of halogens is 1. The first-order valence-electron chi connectivity index (χ1n) is 8.88. The molecule has 4 rings (SSSR count). The molecular formula is C21H20FN3O2. The normalized spacial score (nSPS) is 14.4. The van der Waals surface area contributed by atoms with Crippen molar-refractivity contribution in [3.63, 3.8) is 0 Å². The molecule has 0 radical (unpaired) electrons. The molecule has 5 nitrogen and oxygen atoms in total. The average molecular weight is 365 g/mol. The number of carbonyl (C=O) groups excluding carboxylic acids is 1. The van der Waals surface area contributed by atoms with Crippen LogP contribution in [0.3, 0.4) is 0 Å². The minimum absolute atomic E-state index is 0.0634. The van der Waals surface area contributed by atoms with Crippen molar-refractivity contribution in [2.45, 2.75) is 0 Å². The predicted octanol–water partition coefficient (Wildman–Crippen LogP) is 3.34. The molecule has 0 bridgehead atoms. The van der Waals surface area contributed by atoms with Crippen LogP contribution in [0, 0.1) is 5.82 Å². The highest BCUT2D eigenvalue weighted by molar-refractivity contribution is 5.95. The molecule has 0 saturated carbocycles. The van der Waals surface area contributed by atoms with E-state index >= 15 is 0 Å². The Bertz CT molecular complexity index is 967. The summed E-state index contributed by atoms with van der Waals surface area (Å²) >= 11 is 0. The van der Waals surface area contributed by atoms with Crippen molar-refractivity contribution in [2.75, 3.05) is 38.2 Å². The Morgan fingerprint density at radius 2 is 1.74 bits per heavy atom. The molecule has 1 amide bonds. The highest BCUT2D eigenvalue weighted by atomic mass is 19.1. The Balaban J connectivity index is 1.46. The largest absolute Gasteiger partial charge is 0.497 e. The molecule has 138 valence electrons. The smallest absolute Gasteiger partial charge is 0.272 e. The van der Waals surface area contributed by atoms with E-state index in [1.807, 2.05) is 29.2 Å². The number of fused-ring (bicyclic) bond motifs is 1. The number of amides is 1. The van der Waals surface area contributed by atoms with E-state index in [0.717, 1.165) is 22.3 Å². The van der Waals surface area contributed by atoms with Gasteiger partial charge in [-0.15, -0.1) is 0 Å². The summed E-state index contributed by atoms with van der Waals surface area (Å²) in [5.74, 6) is 0.458. The lowest BCUT2D eigenvalue weighted by Crippen LogP contribution is -2.49. The number of nitrogens with zero attached hydrogens (tertiary/aromatic N) is 3. The summed E-state index contributed by atoms with van der Waals surface area (Å²) in [6.07, 6.45) is 0. The number of aromatic nitrogens is 1. The van der Waals surface area contributed by atoms with Gasteiger partial charge in [0.2, 0.25) is 0 Å². The highest BCUT2D eigenvalue weighted by Crippen LogP contribution is 2.21. The molecule has 2 heterocycles. The number of ether oxygens (including phenoxy) is 1. The van der Waals surface area contributed by atoms with Crippen molar-refractivity contribution in [1.82, 2.24) is 9.88 Å². The molecule has 1 aliphatic rings. The molecule has 6 heteroatoms. The van der Waals surface area contributed by atoms with Gasteiger partial charge in [-0.1, -0.05) is 6.07 Å². The molecule has 27 heavy (non-hydrogen) atoms. The van der Waals surface area contributed by atoms with E-state index in [-0.39, 0.29) is 11.7 Å². The minimum atomic E-state index is -0.243. The second-order valence-corrected chi connectivity index (χ2v) is 6.51. The third-order valence-electron chi connectivity index (χ3n) is 4.87. The maximum atomic E-state index is 13.1. The fourth-order valence-electron chi connectivity index (χ4n) is 3.33. The summed E-state index contributed by atoms with van der Waals surface area (Å²) in [5, 5.41) is 0.937. The zero-order chi connectivity index (χ0) is 18.8. The van der Waals surface area contributed by atoms with Crippen molar-refractivity contribution in [3.8, 4) is 5.75 Å². The SMILES string of the molecule is COc1ccc2nc(C(=O)N3CCN(c4ccc(F)cc4)CC3)ccc2c1. The number of hydrogen-bond donors (Lipinski definition) is 0. The van der Waals surface area contributed by atoms with E-state index in [4.69, 9.17) is 4.74 Å². The van der Waals surface area contributed by atoms with Gasteiger partial charge in [0.15, 0.2) is 0 Å². The second-order valence-electron chi connectivity index (χ2n) is 6.51. The molecular weight excluding hydrogens is 345 g/mol. The monoisotopic (exact) mass is 365 g/mol. The van der Waals surface area contributed by atoms with Crippen LogP contribution in [0.4, 0.5) is 10.1 Å². The summed E-state index contributed by atoms with van der Waals surface area (Å²) in [7, 11) is 1.62. The number of carbonyl (C=O) groups is 1. The maximum absolute atomic E-state index is 13.1. The van der Waals surface area contributed by atoms with Crippen LogP contribution in [-0.2, 0) is 0 Å². The number of piperazine rings is 1. The Labute approximate surface area is 157 Å². The van der Waals surface area contributed by atoms with Gasteiger partial charge in [-0.25, -0.2) is 9.37 Å². The lowest BCUT2D eigenvalue weighted by Gasteiger charge is -2.36. The summed E-state index contributed by atoms with van der Waals surface area (Å²) in [6.45, 7) is 2.64. The van der Waals surface area contributed by atoms with Crippen molar-refractivity contribution >= 4 is 22.5 Å². The van der Waals surface area contributed by atoms with Crippen LogP contribution in [0.2, 0.25) is 0 Å². The van der Waals surface area contributed by atoms with Crippen LogP contribution < -0.4 is 9.64 Å². The fourth-order valence-corrected chi connectivity index (χ4v) is 3.33. The molecule has 1 aliphatic heterocycles. The lowest BCUT2D eigenvalue weighted by molar-refractivity contribution is 0.0741. The van der Waals surface area contributed by atoms with Crippen LogP contribution in [0.5, 0.6) is 5.75 Å².